The average Bonchev–Trinajstić information content (AvgIpc) is 2.83. The monoisotopic (exact) mass is 235 g/mol. The highest BCUT2D eigenvalue weighted by molar-refractivity contribution is 6.06. The molecule has 92 valence electrons. The molecular weight excluding hydrogens is 218 g/mol. The van der Waals surface area contributed by atoms with Gasteiger partial charge in [0.05, 0.1) is 24.5 Å². The lowest BCUT2D eigenvalue weighted by atomic mass is 9.81. The van der Waals surface area contributed by atoms with Crippen molar-refractivity contribution >= 4 is 11.8 Å². The molecule has 2 saturated heterocycles. The molecule has 2 saturated carbocycles. The Bertz CT molecular complexity index is 362. The first kappa shape index (κ1) is 10.1. The second kappa shape index (κ2) is 3.31. The van der Waals surface area contributed by atoms with Crippen molar-refractivity contribution in [2.24, 2.45) is 23.7 Å². The molecule has 0 aromatic rings. The lowest BCUT2D eigenvalue weighted by Crippen LogP contribution is -2.34. The molecule has 0 aromatic heterocycles. The van der Waals surface area contributed by atoms with Crippen molar-refractivity contribution in [3.8, 4) is 0 Å². The van der Waals surface area contributed by atoms with E-state index in [1.807, 2.05) is 0 Å². The van der Waals surface area contributed by atoms with Crippen molar-refractivity contribution in [1.29, 1.82) is 0 Å². The van der Waals surface area contributed by atoms with Gasteiger partial charge in [0.1, 0.15) is 0 Å². The molecule has 2 aliphatic carbocycles. The van der Waals surface area contributed by atoms with Crippen LogP contribution in [0.3, 0.4) is 0 Å². The Morgan fingerprint density at radius 1 is 1.12 bits per heavy atom. The molecule has 0 aromatic carbocycles. The van der Waals surface area contributed by atoms with E-state index < -0.39 is 0 Å². The fraction of sp³-hybridized carbons (Fsp3) is 0.846. The Morgan fingerprint density at radius 2 is 1.71 bits per heavy atom. The number of carbonyl (C=O) groups is 2. The molecule has 0 radical (unpaired) electrons. The number of epoxide rings is 1. The van der Waals surface area contributed by atoms with Crippen LogP contribution in [-0.4, -0.2) is 36.0 Å². The number of fused-ring (bicyclic) bond motifs is 5. The summed E-state index contributed by atoms with van der Waals surface area (Å²) < 4.78 is 5.14. The summed E-state index contributed by atoms with van der Waals surface area (Å²) >= 11 is 0. The van der Waals surface area contributed by atoms with E-state index in [1.165, 1.54) is 4.90 Å². The Balaban J connectivity index is 1.53. The van der Waals surface area contributed by atoms with Crippen molar-refractivity contribution in [3.63, 3.8) is 0 Å². The van der Waals surface area contributed by atoms with Crippen molar-refractivity contribution in [1.82, 2.24) is 4.90 Å². The highest BCUT2D eigenvalue weighted by atomic mass is 16.6. The van der Waals surface area contributed by atoms with E-state index in [1.54, 1.807) is 0 Å². The fourth-order valence-corrected chi connectivity index (χ4v) is 4.20. The maximum atomic E-state index is 12.3. The largest absolute Gasteiger partial charge is 0.373 e. The number of rotatable bonds is 3. The van der Waals surface area contributed by atoms with E-state index in [-0.39, 0.29) is 23.7 Å². The Labute approximate surface area is 100 Å². The molecule has 5 atom stereocenters. The number of nitrogens with zero attached hydrogens (tertiary/aromatic N) is 1. The topological polar surface area (TPSA) is 49.9 Å². The molecule has 2 aliphatic heterocycles. The molecule has 2 bridgehead atoms. The first-order chi connectivity index (χ1) is 8.25. The van der Waals surface area contributed by atoms with Gasteiger partial charge in [0.15, 0.2) is 0 Å². The van der Waals surface area contributed by atoms with Crippen molar-refractivity contribution in [2.75, 3.05) is 13.2 Å². The van der Waals surface area contributed by atoms with Gasteiger partial charge in [-0.1, -0.05) is 0 Å². The summed E-state index contributed by atoms with van der Waals surface area (Å²) in [6.07, 6.45) is 4.56. The van der Waals surface area contributed by atoms with E-state index in [0.29, 0.717) is 24.5 Å². The molecule has 4 heteroatoms. The summed E-state index contributed by atoms with van der Waals surface area (Å²) in [4.78, 5) is 26.1. The maximum absolute atomic E-state index is 12.3. The van der Waals surface area contributed by atoms with Crippen LogP contribution < -0.4 is 0 Å². The molecule has 2 heterocycles. The van der Waals surface area contributed by atoms with Crippen LogP contribution in [0, 0.1) is 23.7 Å². The van der Waals surface area contributed by atoms with E-state index in [4.69, 9.17) is 4.74 Å². The van der Waals surface area contributed by atoms with Crippen LogP contribution in [0.15, 0.2) is 0 Å². The molecule has 1 unspecified atom stereocenters. The number of amides is 2. The summed E-state index contributed by atoms with van der Waals surface area (Å²) in [5.41, 5.74) is 0. The number of ether oxygens (including phenoxy) is 1. The van der Waals surface area contributed by atoms with Gasteiger partial charge >= 0.3 is 0 Å². The third-order valence-corrected chi connectivity index (χ3v) is 5.10. The standard InChI is InChI=1S/C13H17NO3/c15-12-10-7-1-2-8(5-7)11(10)13(16)14(12)4-3-9-6-17-9/h7-11H,1-6H2/t7-,8+,9?,10+,11-. The SMILES string of the molecule is O=C1[C@@H]2[C@H]3CC[C@H](C3)[C@@H]2C(=O)N1CCC1CO1. The summed E-state index contributed by atoms with van der Waals surface area (Å²) in [6.45, 7) is 1.38. The number of hydrogen-bond donors (Lipinski definition) is 0. The number of imide groups is 1. The van der Waals surface area contributed by atoms with Gasteiger partial charge in [-0.25, -0.2) is 0 Å². The quantitative estimate of drug-likeness (QED) is 0.537. The van der Waals surface area contributed by atoms with Crippen molar-refractivity contribution < 1.29 is 14.3 Å². The zero-order valence-electron chi connectivity index (χ0n) is 9.80. The third-order valence-electron chi connectivity index (χ3n) is 5.10. The molecule has 4 aliphatic rings. The summed E-state index contributed by atoms with van der Waals surface area (Å²) in [5, 5.41) is 0. The van der Waals surface area contributed by atoms with E-state index >= 15 is 0 Å². The number of hydrogen-bond acceptors (Lipinski definition) is 3. The first-order valence-electron chi connectivity index (χ1n) is 6.72. The van der Waals surface area contributed by atoms with Gasteiger partial charge < -0.3 is 4.74 Å². The van der Waals surface area contributed by atoms with E-state index in [9.17, 15) is 9.59 Å². The van der Waals surface area contributed by atoms with Crippen molar-refractivity contribution in [2.45, 2.75) is 31.8 Å². The zero-order valence-corrected chi connectivity index (χ0v) is 9.80. The molecule has 2 amide bonds. The van der Waals surface area contributed by atoms with Crippen LogP contribution in [-0.2, 0) is 14.3 Å². The molecule has 0 spiro atoms. The van der Waals surface area contributed by atoms with Crippen molar-refractivity contribution in [3.05, 3.63) is 0 Å². The highest BCUT2D eigenvalue weighted by Crippen LogP contribution is 2.56. The molecule has 4 nitrogen and oxygen atoms in total. The van der Waals surface area contributed by atoms with Gasteiger partial charge in [-0.15, -0.1) is 0 Å². The summed E-state index contributed by atoms with van der Waals surface area (Å²) in [5.74, 6) is 1.33. The smallest absolute Gasteiger partial charge is 0.233 e. The minimum Gasteiger partial charge on any atom is -0.373 e. The maximum Gasteiger partial charge on any atom is 0.233 e. The van der Waals surface area contributed by atoms with Gasteiger partial charge in [0.2, 0.25) is 11.8 Å². The summed E-state index contributed by atoms with van der Waals surface area (Å²) in [6, 6.07) is 0. The van der Waals surface area contributed by atoms with Gasteiger partial charge in [0.25, 0.3) is 0 Å². The molecule has 0 N–H and O–H groups in total. The van der Waals surface area contributed by atoms with Crippen LogP contribution in [0.25, 0.3) is 0 Å². The van der Waals surface area contributed by atoms with Crippen LogP contribution in [0.4, 0.5) is 0 Å². The molecule has 17 heavy (non-hydrogen) atoms. The number of carbonyl (C=O) groups excluding carboxylic acids is 2. The molecule has 4 rings (SSSR count). The number of likely N-dealkylation sites (tertiary alicyclic amines) is 1. The van der Waals surface area contributed by atoms with E-state index in [0.717, 1.165) is 32.3 Å². The minimum atomic E-state index is 0.0429. The van der Waals surface area contributed by atoms with Crippen LogP contribution in [0.1, 0.15) is 25.7 Å². The normalized spacial score (nSPS) is 46.8. The lowest BCUT2D eigenvalue weighted by molar-refractivity contribution is -0.140. The first-order valence-corrected chi connectivity index (χ1v) is 6.72. The van der Waals surface area contributed by atoms with Crippen LogP contribution >= 0.6 is 0 Å². The van der Waals surface area contributed by atoms with Crippen LogP contribution in [0.5, 0.6) is 0 Å². The Morgan fingerprint density at radius 3 is 2.24 bits per heavy atom. The van der Waals surface area contributed by atoms with Gasteiger partial charge in [0, 0.05) is 6.54 Å². The minimum absolute atomic E-state index is 0.0429. The molecular formula is C13H17NO3. The second-order valence-electron chi connectivity index (χ2n) is 5.96. The fourth-order valence-electron chi connectivity index (χ4n) is 4.20. The molecule has 4 fully saturated rings. The predicted octanol–water partition coefficient (Wildman–Crippen LogP) is 0.806. The second-order valence-corrected chi connectivity index (χ2v) is 5.96. The lowest BCUT2D eigenvalue weighted by Gasteiger charge is -2.19. The Hall–Kier alpha value is -0.900. The third kappa shape index (κ3) is 1.33. The Kier molecular flexibility index (Phi) is 1.96. The highest BCUT2D eigenvalue weighted by Gasteiger charge is 2.60. The zero-order chi connectivity index (χ0) is 11.6. The van der Waals surface area contributed by atoms with Crippen LogP contribution in [0.2, 0.25) is 0 Å². The predicted molar refractivity (Wildman–Crippen MR) is 58.9 cm³/mol. The van der Waals surface area contributed by atoms with Gasteiger partial charge in [-0.3, -0.25) is 14.5 Å². The van der Waals surface area contributed by atoms with E-state index in [2.05, 4.69) is 0 Å². The van der Waals surface area contributed by atoms with Gasteiger partial charge in [-0.05, 0) is 37.5 Å². The summed E-state index contributed by atoms with van der Waals surface area (Å²) in [7, 11) is 0. The average molecular weight is 235 g/mol. The van der Waals surface area contributed by atoms with Gasteiger partial charge in [-0.2, -0.15) is 0 Å².